The van der Waals surface area contributed by atoms with Crippen LogP contribution in [0.25, 0.3) is 0 Å². The first-order valence-corrected chi connectivity index (χ1v) is 5.47. The maximum absolute atomic E-state index is 3.64. The minimum absolute atomic E-state index is 0.704. The quantitative estimate of drug-likeness (QED) is 0.667. The Balaban J connectivity index is 2.04. The molecule has 0 aromatic rings. The second-order valence-corrected chi connectivity index (χ2v) is 4.38. The molecule has 1 fully saturated rings. The number of nitrogens with one attached hydrogen (secondary N) is 1. The van der Waals surface area contributed by atoms with E-state index in [-0.39, 0.29) is 0 Å². The molecule has 1 saturated carbocycles. The zero-order valence-electron chi connectivity index (χ0n) is 8.77. The van der Waals surface area contributed by atoms with E-state index in [2.05, 4.69) is 26.1 Å². The number of hydrogen-bond acceptors (Lipinski definition) is 1. The summed E-state index contributed by atoms with van der Waals surface area (Å²) in [4.78, 5) is 0. The van der Waals surface area contributed by atoms with E-state index < -0.39 is 0 Å². The van der Waals surface area contributed by atoms with Gasteiger partial charge in [-0.3, -0.25) is 0 Å². The third-order valence-electron chi connectivity index (χ3n) is 3.45. The average Bonchev–Trinajstić information content (AvgIpc) is 2.00. The predicted octanol–water partition coefficient (Wildman–Crippen LogP) is 2.81. The van der Waals surface area contributed by atoms with Gasteiger partial charge < -0.3 is 5.32 Å². The van der Waals surface area contributed by atoms with Crippen LogP contribution in [0.5, 0.6) is 0 Å². The van der Waals surface area contributed by atoms with Crippen LogP contribution in [-0.4, -0.2) is 12.6 Å². The van der Waals surface area contributed by atoms with E-state index in [9.17, 15) is 0 Å². The molecule has 0 spiro atoms. The van der Waals surface area contributed by atoms with Crippen LogP contribution >= 0.6 is 0 Å². The third-order valence-corrected chi connectivity index (χ3v) is 3.45. The van der Waals surface area contributed by atoms with E-state index in [1.807, 2.05) is 0 Å². The highest BCUT2D eigenvalue weighted by atomic mass is 14.9. The van der Waals surface area contributed by atoms with Crippen LogP contribution in [0.2, 0.25) is 0 Å². The minimum atomic E-state index is 0.704. The first-order valence-electron chi connectivity index (χ1n) is 5.47. The molecule has 0 radical (unpaired) electrons. The van der Waals surface area contributed by atoms with Gasteiger partial charge in [0, 0.05) is 6.04 Å². The molecular weight excluding hydrogens is 146 g/mol. The summed E-state index contributed by atoms with van der Waals surface area (Å²) in [7, 11) is 0. The molecule has 1 N–H and O–H groups in total. The number of hydrogen-bond donors (Lipinski definition) is 1. The lowest BCUT2D eigenvalue weighted by Gasteiger charge is -2.29. The van der Waals surface area contributed by atoms with Crippen molar-refractivity contribution in [3.63, 3.8) is 0 Å². The fourth-order valence-corrected chi connectivity index (χ4v) is 1.60. The molecule has 0 amide bonds. The van der Waals surface area contributed by atoms with Gasteiger partial charge in [0.1, 0.15) is 0 Å². The van der Waals surface area contributed by atoms with E-state index in [0.29, 0.717) is 6.04 Å². The summed E-state index contributed by atoms with van der Waals surface area (Å²) in [6, 6.07) is 0.704. The van der Waals surface area contributed by atoms with Gasteiger partial charge in [0.2, 0.25) is 0 Å². The van der Waals surface area contributed by atoms with Crippen molar-refractivity contribution in [2.45, 2.75) is 52.5 Å². The second kappa shape index (κ2) is 4.86. The Morgan fingerprint density at radius 3 is 2.42 bits per heavy atom. The van der Waals surface area contributed by atoms with Crippen LogP contribution in [0.1, 0.15) is 46.5 Å². The maximum atomic E-state index is 3.64. The van der Waals surface area contributed by atoms with Crippen molar-refractivity contribution in [1.29, 1.82) is 0 Å². The Morgan fingerprint density at radius 1 is 1.33 bits per heavy atom. The van der Waals surface area contributed by atoms with Crippen molar-refractivity contribution in [3.8, 4) is 0 Å². The lowest BCUT2D eigenvalue weighted by molar-refractivity contribution is 0.273. The molecule has 0 aromatic carbocycles. The van der Waals surface area contributed by atoms with Gasteiger partial charge in [-0.1, -0.05) is 26.7 Å². The van der Waals surface area contributed by atoms with Crippen molar-refractivity contribution in [2.24, 2.45) is 11.8 Å². The van der Waals surface area contributed by atoms with Gasteiger partial charge in [0.05, 0.1) is 0 Å². The van der Waals surface area contributed by atoms with Crippen LogP contribution in [-0.2, 0) is 0 Å². The van der Waals surface area contributed by atoms with Crippen molar-refractivity contribution >= 4 is 0 Å². The average molecular weight is 169 g/mol. The molecule has 2 unspecified atom stereocenters. The number of rotatable bonds is 5. The minimum Gasteiger partial charge on any atom is -0.314 e. The van der Waals surface area contributed by atoms with Crippen LogP contribution in [0.4, 0.5) is 0 Å². The Kier molecular flexibility index (Phi) is 4.07. The largest absolute Gasteiger partial charge is 0.314 e. The molecule has 1 rings (SSSR count). The summed E-state index contributed by atoms with van der Waals surface area (Å²) in [5.74, 6) is 1.82. The molecule has 0 saturated heterocycles. The first-order chi connectivity index (χ1) is 5.74. The molecule has 2 atom stereocenters. The van der Waals surface area contributed by atoms with Gasteiger partial charge in [0.25, 0.3) is 0 Å². The lowest BCUT2D eigenvalue weighted by Crippen LogP contribution is -2.37. The van der Waals surface area contributed by atoms with E-state index in [1.165, 1.54) is 32.2 Å². The molecule has 1 aliphatic rings. The van der Waals surface area contributed by atoms with Gasteiger partial charge in [-0.05, 0) is 38.1 Å². The van der Waals surface area contributed by atoms with Gasteiger partial charge in [-0.15, -0.1) is 0 Å². The summed E-state index contributed by atoms with van der Waals surface area (Å²) in [5, 5.41) is 3.64. The van der Waals surface area contributed by atoms with Gasteiger partial charge >= 0.3 is 0 Å². The summed E-state index contributed by atoms with van der Waals surface area (Å²) in [6.45, 7) is 8.17. The SMILES string of the molecule is CCC(C)C(C)NCC1CCC1. The lowest BCUT2D eigenvalue weighted by atomic mass is 9.85. The normalized spacial score (nSPS) is 23.2. The monoisotopic (exact) mass is 169 g/mol. The smallest absolute Gasteiger partial charge is 0.00643 e. The van der Waals surface area contributed by atoms with Crippen molar-refractivity contribution < 1.29 is 0 Å². The third kappa shape index (κ3) is 2.78. The fraction of sp³-hybridized carbons (Fsp3) is 1.00. The molecule has 12 heavy (non-hydrogen) atoms. The first kappa shape index (κ1) is 10.0. The topological polar surface area (TPSA) is 12.0 Å². The van der Waals surface area contributed by atoms with E-state index in [4.69, 9.17) is 0 Å². The van der Waals surface area contributed by atoms with Crippen LogP contribution in [0, 0.1) is 11.8 Å². The zero-order chi connectivity index (χ0) is 8.97. The van der Waals surface area contributed by atoms with Crippen molar-refractivity contribution in [3.05, 3.63) is 0 Å². The molecule has 72 valence electrons. The summed E-state index contributed by atoms with van der Waals surface area (Å²) in [5.41, 5.74) is 0. The Bertz CT molecular complexity index is 118. The fourth-order valence-electron chi connectivity index (χ4n) is 1.60. The van der Waals surface area contributed by atoms with Crippen LogP contribution in [0.3, 0.4) is 0 Å². The van der Waals surface area contributed by atoms with Gasteiger partial charge in [-0.2, -0.15) is 0 Å². The molecule has 1 aliphatic carbocycles. The van der Waals surface area contributed by atoms with Crippen LogP contribution in [0.15, 0.2) is 0 Å². The highest BCUT2D eigenvalue weighted by Gasteiger charge is 2.18. The maximum Gasteiger partial charge on any atom is 0.00643 e. The summed E-state index contributed by atoms with van der Waals surface area (Å²) in [6.07, 6.45) is 5.67. The van der Waals surface area contributed by atoms with Crippen molar-refractivity contribution in [1.82, 2.24) is 5.32 Å². The highest BCUT2D eigenvalue weighted by molar-refractivity contribution is 4.75. The molecule has 0 aromatic heterocycles. The molecule has 0 aliphatic heterocycles. The van der Waals surface area contributed by atoms with E-state index >= 15 is 0 Å². The molecule has 0 bridgehead atoms. The predicted molar refractivity (Wildman–Crippen MR) is 54.3 cm³/mol. The summed E-state index contributed by atoms with van der Waals surface area (Å²) < 4.78 is 0. The molecule has 0 heterocycles. The Morgan fingerprint density at radius 2 is 2.00 bits per heavy atom. The van der Waals surface area contributed by atoms with Gasteiger partial charge in [-0.25, -0.2) is 0 Å². The Hall–Kier alpha value is -0.0400. The second-order valence-electron chi connectivity index (χ2n) is 4.38. The van der Waals surface area contributed by atoms with Gasteiger partial charge in [0.15, 0.2) is 0 Å². The van der Waals surface area contributed by atoms with Crippen LogP contribution < -0.4 is 5.32 Å². The highest BCUT2D eigenvalue weighted by Crippen LogP contribution is 2.25. The molecule has 1 heteroatoms. The Labute approximate surface area is 76.9 Å². The zero-order valence-corrected chi connectivity index (χ0v) is 8.77. The van der Waals surface area contributed by atoms with Crippen molar-refractivity contribution in [2.75, 3.05) is 6.54 Å². The standard InChI is InChI=1S/C11H23N/c1-4-9(2)10(3)12-8-11-6-5-7-11/h9-12H,4-8H2,1-3H3. The molecular formula is C11H23N. The molecule has 1 nitrogen and oxygen atoms in total. The van der Waals surface area contributed by atoms with E-state index in [1.54, 1.807) is 0 Å². The summed E-state index contributed by atoms with van der Waals surface area (Å²) >= 11 is 0. The van der Waals surface area contributed by atoms with E-state index in [0.717, 1.165) is 11.8 Å².